The van der Waals surface area contributed by atoms with E-state index < -0.39 is 0 Å². The number of likely N-dealkylation sites (N-methyl/N-ethyl adjacent to an activating group) is 1. The van der Waals surface area contributed by atoms with E-state index in [9.17, 15) is 0 Å². The van der Waals surface area contributed by atoms with E-state index in [4.69, 9.17) is 0 Å². The lowest BCUT2D eigenvalue weighted by Gasteiger charge is -2.31. The van der Waals surface area contributed by atoms with Gasteiger partial charge in [0.05, 0.1) is 0 Å². The van der Waals surface area contributed by atoms with Crippen LogP contribution >= 0.6 is 0 Å². The highest BCUT2D eigenvalue weighted by molar-refractivity contribution is 4.76. The second-order valence-electron chi connectivity index (χ2n) is 5.02. The quantitative estimate of drug-likeness (QED) is 0.728. The van der Waals surface area contributed by atoms with Gasteiger partial charge in [-0.25, -0.2) is 0 Å². The normalized spacial score (nSPS) is 23.4. The zero-order chi connectivity index (χ0) is 10.4. The molecule has 2 nitrogen and oxygen atoms in total. The minimum Gasteiger partial charge on any atom is -0.315 e. The number of rotatable bonds is 5. The molecule has 0 bridgehead atoms. The third kappa shape index (κ3) is 4.43. The molecule has 1 N–H and O–H groups in total. The van der Waals surface area contributed by atoms with Crippen LogP contribution in [0.15, 0.2) is 0 Å². The largest absolute Gasteiger partial charge is 0.315 e. The molecule has 1 atom stereocenters. The predicted octanol–water partition coefficient (Wildman–Crippen LogP) is 2.11. The highest BCUT2D eigenvalue weighted by atomic mass is 15.2. The minimum atomic E-state index is 0.788. The number of hydrogen-bond acceptors (Lipinski definition) is 2. The van der Waals surface area contributed by atoms with Crippen molar-refractivity contribution in [1.82, 2.24) is 10.2 Å². The molecular weight excluding hydrogens is 172 g/mol. The Kier molecular flexibility index (Phi) is 5.49. The summed E-state index contributed by atoms with van der Waals surface area (Å²) in [6.45, 7) is 8.30. The van der Waals surface area contributed by atoms with Crippen LogP contribution in [0.5, 0.6) is 0 Å². The summed E-state index contributed by atoms with van der Waals surface area (Å²) in [6.07, 6.45) is 5.44. The van der Waals surface area contributed by atoms with Crippen molar-refractivity contribution in [2.75, 3.05) is 26.7 Å². The van der Waals surface area contributed by atoms with Gasteiger partial charge in [-0.1, -0.05) is 13.8 Å². The average Bonchev–Trinajstić information content (AvgIpc) is 2.18. The molecule has 0 aromatic carbocycles. The molecule has 1 aliphatic heterocycles. The standard InChI is InChI=1S/C12H26N2/c1-11(2)6-5-9-14(3)12-7-4-8-13-10-12/h11-13H,4-10H2,1-3H3. The molecule has 1 heterocycles. The van der Waals surface area contributed by atoms with Gasteiger partial charge < -0.3 is 10.2 Å². The van der Waals surface area contributed by atoms with E-state index in [1.165, 1.54) is 45.3 Å². The summed E-state index contributed by atoms with van der Waals surface area (Å²) < 4.78 is 0. The van der Waals surface area contributed by atoms with Crippen LogP contribution in [0.4, 0.5) is 0 Å². The first kappa shape index (κ1) is 12.0. The summed E-state index contributed by atoms with van der Waals surface area (Å²) in [6, 6.07) is 0.788. The Balaban J connectivity index is 2.10. The van der Waals surface area contributed by atoms with Crippen LogP contribution < -0.4 is 5.32 Å². The van der Waals surface area contributed by atoms with Crippen molar-refractivity contribution in [3.05, 3.63) is 0 Å². The first-order chi connectivity index (χ1) is 6.70. The summed E-state index contributed by atoms with van der Waals surface area (Å²) in [5, 5.41) is 3.47. The van der Waals surface area contributed by atoms with Crippen LogP contribution in [-0.4, -0.2) is 37.6 Å². The molecule has 0 aliphatic carbocycles. The van der Waals surface area contributed by atoms with Crippen LogP contribution in [0.2, 0.25) is 0 Å². The Morgan fingerprint density at radius 3 is 2.79 bits per heavy atom. The van der Waals surface area contributed by atoms with Crippen molar-refractivity contribution in [3.63, 3.8) is 0 Å². The highest BCUT2D eigenvalue weighted by Crippen LogP contribution is 2.10. The van der Waals surface area contributed by atoms with E-state index in [-0.39, 0.29) is 0 Å². The Hall–Kier alpha value is -0.0800. The maximum atomic E-state index is 3.47. The van der Waals surface area contributed by atoms with Gasteiger partial charge in [0.1, 0.15) is 0 Å². The van der Waals surface area contributed by atoms with Crippen LogP contribution in [0.25, 0.3) is 0 Å². The molecule has 0 aromatic heterocycles. The lowest BCUT2D eigenvalue weighted by atomic mass is 10.0. The summed E-state index contributed by atoms with van der Waals surface area (Å²) in [7, 11) is 2.28. The maximum Gasteiger partial charge on any atom is 0.0218 e. The van der Waals surface area contributed by atoms with Crippen molar-refractivity contribution in [3.8, 4) is 0 Å². The third-order valence-corrected chi connectivity index (χ3v) is 3.19. The molecule has 1 aliphatic rings. The molecule has 0 aromatic rings. The molecule has 0 saturated carbocycles. The highest BCUT2D eigenvalue weighted by Gasteiger charge is 2.16. The fourth-order valence-electron chi connectivity index (χ4n) is 2.14. The van der Waals surface area contributed by atoms with Crippen molar-refractivity contribution in [2.24, 2.45) is 5.92 Å². The SMILES string of the molecule is CC(C)CCCN(C)C1CCCNC1. The van der Waals surface area contributed by atoms with Gasteiger partial charge in [0.15, 0.2) is 0 Å². The maximum absolute atomic E-state index is 3.47. The molecule has 1 fully saturated rings. The van der Waals surface area contributed by atoms with Crippen LogP contribution in [0.3, 0.4) is 0 Å². The molecular formula is C12H26N2. The summed E-state index contributed by atoms with van der Waals surface area (Å²) in [5.74, 6) is 0.855. The number of nitrogens with one attached hydrogen (secondary N) is 1. The Bertz CT molecular complexity index is 139. The molecule has 1 unspecified atom stereocenters. The Morgan fingerprint density at radius 2 is 2.21 bits per heavy atom. The summed E-state index contributed by atoms with van der Waals surface area (Å²) in [5.41, 5.74) is 0. The van der Waals surface area contributed by atoms with Gasteiger partial charge in [-0.3, -0.25) is 0 Å². The zero-order valence-electron chi connectivity index (χ0n) is 10.1. The van der Waals surface area contributed by atoms with Gasteiger partial charge in [-0.2, -0.15) is 0 Å². The monoisotopic (exact) mass is 198 g/mol. The van der Waals surface area contributed by atoms with E-state index in [1.807, 2.05) is 0 Å². The molecule has 1 saturated heterocycles. The third-order valence-electron chi connectivity index (χ3n) is 3.19. The van der Waals surface area contributed by atoms with E-state index >= 15 is 0 Å². The predicted molar refractivity (Wildman–Crippen MR) is 62.6 cm³/mol. The van der Waals surface area contributed by atoms with Gasteiger partial charge in [-0.15, -0.1) is 0 Å². The van der Waals surface area contributed by atoms with Crippen LogP contribution in [0, 0.1) is 5.92 Å². The minimum absolute atomic E-state index is 0.788. The van der Waals surface area contributed by atoms with E-state index in [0.717, 1.165) is 12.0 Å². The number of nitrogens with zero attached hydrogens (tertiary/aromatic N) is 1. The molecule has 84 valence electrons. The van der Waals surface area contributed by atoms with Crippen molar-refractivity contribution in [1.29, 1.82) is 0 Å². The van der Waals surface area contributed by atoms with E-state index in [0.29, 0.717) is 0 Å². The fraction of sp³-hybridized carbons (Fsp3) is 1.00. The lowest BCUT2D eigenvalue weighted by molar-refractivity contribution is 0.197. The fourth-order valence-corrected chi connectivity index (χ4v) is 2.14. The second kappa shape index (κ2) is 6.41. The first-order valence-electron chi connectivity index (χ1n) is 6.11. The molecule has 0 radical (unpaired) electrons. The number of hydrogen-bond donors (Lipinski definition) is 1. The average molecular weight is 198 g/mol. The molecule has 0 spiro atoms. The molecule has 0 amide bonds. The summed E-state index contributed by atoms with van der Waals surface area (Å²) >= 11 is 0. The Morgan fingerprint density at radius 1 is 1.43 bits per heavy atom. The van der Waals surface area contributed by atoms with Gasteiger partial charge in [-0.05, 0) is 51.7 Å². The second-order valence-corrected chi connectivity index (χ2v) is 5.02. The summed E-state index contributed by atoms with van der Waals surface area (Å²) in [4.78, 5) is 2.54. The first-order valence-corrected chi connectivity index (χ1v) is 6.11. The molecule has 1 rings (SSSR count). The number of piperidine rings is 1. The van der Waals surface area contributed by atoms with Gasteiger partial charge in [0.2, 0.25) is 0 Å². The Labute approximate surface area is 89.1 Å². The van der Waals surface area contributed by atoms with Crippen LogP contribution in [0.1, 0.15) is 39.5 Å². The van der Waals surface area contributed by atoms with Crippen molar-refractivity contribution < 1.29 is 0 Å². The topological polar surface area (TPSA) is 15.3 Å². The molecule has 14 heavy (non-hydrogen) atoms. The lowest BCUT2D eigenvalue weighted by Crippen LogP contribution is -2.44. The van der Waals surface area contributed by atoms with E-state index in [1.54, 1.807) is 0 Å². The van der Waals surface area contributed by atoms with Gasteiger partial charge in [0.25, 0.3) is 0 Å². The zero-order valence-corrected chi connectivity index (χ0v) is 10.1. The van der Waals surface area contributed by atoms with Crippen LogP contribution in [-0.2, 0) is 0 Å². The van der Waals surface area contributed by atoms with Crippen molar-refractivity contribution >= 4 is 0 Å². The van der Waals surface area contributed by atoms with Gasteiger partial charge in [0, 0.05) is 12.6 Å². The van der Waals surface area contributed by atoms with Gasteiger partial charge >= 0.3 is 0 Å². The smallest absolute Gasteiger partial charge is 0.0218 e. The molecule has 2 heteroatoms. The van der Waals surface area contributed by atoms with Crippen molar-refractivity contribution in [2.45, 2.75) is 45.6 Å². The van der Waals surface area contributed by atoms with E-state index in [2.05, 4.69) is 31.1 Å².